The van der Waals surface area contributed by atoms with Gasteiger partial charge in [0, 0.05) is 0 Å². The van der Waals surface area contributed by atoms with Gasteiger partial charge in [-0.1, -0.05) is 36.4 Å². The number of anilines is 1. The molecule has 0 atom stereocenters. The minimum absolute atomic E-state index is 0.572. The summed E-state index contributed by atoms with van der Waals surface area (Å²) >= 11 is 0. The molecule has 0 heterocycles. The summed E-state index contributed by atoms with van der Waals surface area (Å²) < 4.78 is 5.79. The molecule has 0 aliphatic carbocycles. The van der Waals surface area contributed by atoms with E-state index in [1.807, 2.05) is 48.5 Å². The average molecular weight is 330 g/mol. The zero-order valence-corrected chi connectivity index (χ0v) is 14.6. The maximum Gasteiger partial charge on any atom is 0.119 e. The molecule has 0 unspecified atom stereocenters. The molecular weight excluding hydrogens is 308 g/mol. The second kappa shape index (κ2) is 8.15. The Morgan fingerprint density at radius 3 is 2.36 bits per heavy atom. The first-order valence-corrected chi connectivity index (χ1v) is 8.34. The fourth-order valence-corrected chi connectivity index (χ4v) is 2.38. The Balaban J connectivity index is 1.54. The predicted molar refractivity (Wildman–Crippen MR) is 104 cm³/mol. The van der Waals surface area contributed by atoms with Crippen LogP contribution >= 0.6 is 0 Å². The van der Waals surface area contributed by atoms with E-state index in [0.717, 1.165) is 22.6 Å². The van der Waals surface area contributed by atoms with Gasteiger partial charge in [0.05, 0.1) is 11.9 Å². The fourth-order valence-electron chi connectivity index (χ4n) is 2.38. The summed E-state index contributed by atoms with van der Waals surface area (Å²) in [7, 11) is 0. The molecule has 0 aromatic heterocycles. The van der Waals surface area contributed by atoms with Crippen LogP contribution in [-0.2, 0) is 6.61 Å². The van der Waals surface area contributed by atoms with Gasteiger partial charge in [0.2, 0.25) is 0 Å². The Morgan fingerprint density at radius 1 is 0.880 bits per heavy atom. The van der Waals surface area contributed by atoms with Crippen molar-refractivity contribution in [3.05, 3.63) is 95.1 Å². The molecule has 3 nitrogen and oxygen atoms in total. The second-order valence-electron chi connectivity index (χ2n) is 6.01. The Morgan fingerprint density at radius 2 is 1.64 bits per heavy atom. The third-order valence-corrected chi connectivity index (χ3v) is 4.04. The number of nitrogens with one attached hydrogen (secondary N) is 1. The number of hydrogen-bond donors (Lipinski definition) is 1. The van der Waals surface area contributed by atoms with Crippen LogP contribution in [0, 0.1) is 13.8 Å². The van der Waals surface area contributed by atoms with Gasteiger partial charge in [0.15, 0.2) is 0 Å². The van der Waals surface area contributed by atoms with E-state index in [4.69, 9.17) is 4.74 Å². The van der Waals surface area contributed by atoms with Gasteiger partial charge in [-0.25, -0.2) is 0 Å². The van der Waals surface area contributed by atoms with Gasteiger partial charge >= 0.3 is 0 Å². The van der Waals surface area contributed by atoms with Crippen LogP contribution in [0.4, 0.5) is 5.69 Å². The topological polar surface area (TPSA) is 33.6 Å². The summed E-state index contributed by atoms with van der Waals surface area (Å²) in [6.45, 7) is 4.77. The Labute approximate surface area is 149 Å². The maximum atomic E-state index is 5.79. The van der Waals surface area contributed by atoms with E-state index in [-0.39, 0.29) is 0 Å². The molecule has 126 valence electrons. The van der Waals surface area contributed by atoms with Crippen molar-refractivity contribution in [3.63, 3.8) is 0 Å². The van der Waals surface area contributed by atoms with E-state index < -0.39 is 0 Å². The lowest BCUT2D eigenvalue weighted by Gasteiger charge is -2.06. The zero-order chi connectivity index (χ0) is 17.5. The first-order chi connectivity index (χ1) is 12.2. The lowest BCUT2D eigenvalue weighted by molar-refractivity contribution is 0.306. The first-order valence-electron chi connectivity index (χ1n) is 8.34. The number of hydrazone groups is 1. The molecule has 1 N–H and O–H groups in total. The Bertz CT molecular complexity index is 840. The monoisotopic (exact) mass is 330 g/mol. The number of ether oxygens (including phenoxy) is 1. The largest absolute Gasteiger partial charge is 0.489 e. The lowest BCUT2D eigenvalue weighted by atomic mass is 10.1. The Hall–Kier alpha value is -3.07. The van der Waals surface area contributed by atoms with Crippen LogP contribution in [0.5, 0.6) is 5.75 Å². The summed E-state index contributed by atoms with van der Waals surface area (Å²) in [6.07, 6.45) is 1.80. The van der Waals surface area contributed by atoms with Crippen LogP contribution in [-0.4, -0.2) is 6.21 Å². The van der Waals surface area contributed by atoms with Crippen molar-refractivity contribution in [2.45, 2.75) is 20.5 Å². The van der Waals surface area contributed by atoms with Crippen LogP contribution in [0.15, 0.2) is 77.9 Å². The highest BCUT2D eigenvalue weighted by molar-refractivity contribution is 5.80. The molecule has 0 amide bonds. The number of aryl methyl sites for hydroxylation is 2. The third kappa shape index (κ3) is 4.95. The number of benzene rings is 3. The van der Waals surface area contributed by atoms with Crippen molar-refractivity contribution in [1.82, 2.24) is 0 Å². The number of nitrogens with zero attached hydrogens (tertiary/aromatic N) is 1. The number of rotatable bonds is 6. The van der Waals surface area contributed by atoms with Crippen molar-refractivity contribution in [3.8, 4) is 5.75 Å². The van der Waals surface area contributed by atoms with Gasteiger partial charge in [0.25, 0.3) is 0 Å². The van der Waals surface area contributed by atoms with Crippen molar-refractivity contribution in [1.29, 1.82) is 0 Å². The van der Waals surface area contributed by atoms with Crippen LogP contribution < -0.4 is 10.2 Å². The molecule has 3 heteroatoms. The normalized spacial score (nSPS) is 10.8. The summed E-state index contributed by atoms with van der Waals surface area (Å²) in [5, 5.41) is 4.29. The molecule has 0 aliphatic rings. The molecule has 0 fully saturated rings. The van der Waals surface area contributed by atoms with E-state index in [2.05, 4.69) is 48.6 Å². The minimum Gasteiger partial charge on any atom is -0.489 e. The summed E-state index contributed by atoms with van der Waals surface area (Å²) in [4.78, 5) is 0. The number of hydrogen-bond acceptors (Lipinski definition) is 3. The van der Waals surface area contributed by atoms with E-state index in [9.17, 15) is 0 Å². The third-order valence-electron chi connectivity index (χ3n) is 4.04. The zero-order valence-electron chi connectivity index (χ0n) is 14.6. The molecule has 3 aromatic rings. The highest BCUT2D eigenvalue weighted by Gasteiger charge is 1.97. The fraction of sp³-hybridized carbons (Fsp3) is 0.136. The standard InChI is InChI=1S/C22H22N2O/c1-17-8-11-21(14-18(17)2)24-23-15-19-9-12-22(13-10-19)25-16-20-6-4-3-5-7-20/h3-15,24H,16H2,1-2H3/b23-15+. The van der Waals surface area contributed by atoms with Crippen molar-refractivity contribution in [2.24, 2.45) is 5.10 Å². The molecule has 0 radical (unpaired) electrons. The molecule has 3 rings (SSSR count). The van der Waals surface area contributed by atoms with E-state index >= 15 is 0 Å². The van der Waals surface area contributed by atoms with Crippen LogP contribution in [0.2, 0.25) is 0 Å². The van der Waals surface area contributed by atoms with Crippen molar-refractivity contribution >= 4 is 11.9 Å². The van der Waals surface area contributed by atoms with E-state index in [0.29, 0.717) is 6.61 Å². The van der Waals surface area contributed by atoms with Crippen LogP contribution in [0.3, 0.4) is 0 Å². The van der Waals surface area contributed by atoms with Gasteiger partial charge in [-0.3, -0.25) is 5.43 Å². The minimum atomic E-state index is 0.572. The van der Waals surface area contributed by atoms with E-state index in [1.54, 1.807) is 6.21 Å². The van der Waals surface area contributed by atoms with Crippen molar-refractivity contribution < 1.29 is 4.74 Å². The molecule has 0 spiro atoms. The molecule has 0 aliphatic heterocycles. The summed E-state index contributed by atoms with van der Waals surface area (Å²) in [6, 6.07) is 24.3. The first kappa shape index (κ1) is 16.8. The lowest BCUT2D eigenvalue weighted by Crippen LogP contribution is -1.95. The average Bonchev–Trinajstić information content (AvgIpc) is 2.65. The van der Waals surface area contributed by atoms with E-state index in [1.165, 1.54) is 11.1 Å². The molecule has 3 aromatic carbocycles. The molecule has 0 saturated carbocycles. The van der Waals surface area contributed by atoms with Crippen molar-refractivity contribution in [2.75, 3.05) is 5.43 Å². The highest BCUT2D eigenvalue weighted by Crippen LogP contribution is 2.15. The van der Waals surface area contributed by atoms with Gasteiger partial charge in [-0.2, -0.15) is 5.10 Å². The summed E-state index contributed by atoms with van der Waals surface area (Å²) in [5.74, 6) is 0.850. The molecule has 0 bridgehead atoms. The van der Waals surface area contributed by atoms with Gasteiger partial charge in [0.1, 0.15) is 12.4 Å². The predicted octanol–water partition coefficient (Wildman–Crippen LogP) is 5.33. The quantitative estimate of drug-likeness (QED) is 0.489. The second-order valence-corrected chi connectivity index (χ2v) is 6.01. The Kier molecular flexibility index (Phi) is 5.47. The van der Waals surface area contributed by atoms with Crippen LogP contribution in [0.25, 0.3) is 0 Å². The molecular formula is C22H22N2O. The molecule has 25 heavy (non-hydrogen) atoms. The van der Waals surface area contributed by atoms with Gasteiger partial charge in [-0.15, -0.1) is 0 Å². The van der Waals surface area contributed by atoms with Gasteiger partial charge in [-0.05, 0) is 72.5 Å². The smallest absolute Gasteiger partial charge is 0.119 e. The van der Waals surface area contributed by atoms with Crippen LogP contribution in [0.1, 0.15) is 22.3 Å². The summed E-state index contributed by atoms with van der Waals surface area (Å²) in [5.41, 5.74) is 8.75. The SMILES string of the molecule is Cc1ccc(N/N=C/c2ccc(OCc3ccccc3)cc2)cc1C. The highest BCUT2D eigenvalue weighted by atomic mass is 16.5. The molecule has 0 saturated heterocycles. The maximum absolute atomic E-state index is 5.79. The van der Waals surface area contributed by atoms with Gasteiger partial charge < -0.3 is 4.74 Å².